The molecule has 0 unspecified atom stereocenters. The second kappa shape index (κ2) is 4.01. The Kier molecular flexibility index (Phi) is 3.25. The van der Waals surface area contributed by atoms with Gasteiger partial charge in [-0.1, -0.05) is 34.8 Å². The molecule has 0 aliphatic rings. The molecule has 11 heavy (non-hydrogen) atoms. The highest BCUT2D eigenvalue weighted by Crippen LogP contribution is 2.21. The van der Waals surface area contributed by atoms with Gasteiger partial charge in [0.05, 0.1) is 5.54 Å². The molecule has 0 N–H and O–H groups in total. The van der Waals surface area contributed by atoms with E-state index in [0.717, 1.165) is 5.56 Å². The lowest BCUT2D eigenvalue weighted by Crippen LogP contribution is -1.73. The van der Waals surface area contributed by atoms with Crippen molar-refractivity contribution in [3.8, 4) is 0 Å². The fraction of sp³-hybridized carbons (Fsp3) is 0. The zero-order chi connectivity index (χ0) is 8.27. The molecule has 0 heterocycles. The van der Waals surface area contributed by atoms with Crippen molar-refractivity contribution in [3.63, 3.8) is 0 Å². The van der Waals surface area contributed by atoms with Gasteiger partial charge in [0.25, 0.3) is 0 Å². The maximum absolute atomic E-state index is 5.79. The molecule has 1 rings (SSSR count). The Morgan fingerprint density at radius 2 is 2.00 bits per heavy atom. The molecule has 3 heteroatoms. The molecule has 0 spiro atoms. The van der Waals surface area contributed by atoms with E-state index in [1.165, 1.54) is 0 Å². The molecule has 1 aromatic rings. The summed E-state index contributed by atoms with van der Waals surface area (Å²) in [6.07, 6.45) is 1.57. The highest BCUT2D eigenvalue weighted by atomic mass is 35.5. The van der Waals surface area contributed by atoms with Gasteiger partial charge in [-0.3, -0.25) is 0 Å². The van der Waals surface area contributed by atoms with Crippen molar-refractivity contribution in [1.29, 1.82) is 0 Å². The lowest BCUT2D eigenvalue weighted by Gasteiger charge is -1.96. The van der Waals surface area contributed by atoms with Gasteiger partial charge in [-0.2, -0.15) is 0 Å². The van der Waals surface area contributed by atoms with Gasteiger partial charge in [-0.05, 0) is 29.8 Å². The molecule has 0 aliphatic carbocycles. The minimum absolute atomic E-state index is 0.613. The van der Waals surface area contributed by atoms with E-state index in [4.69, 9.17) is 34.8 Å². The molecule has 0 aliphatic heterocycles. The fourth-order valence-corrected chi connectivity index (χ4v) is 1.15. The normalized spacial score (nSPS) is 10.8. The molecule has 1 aromatic carbocycles. The predicted octanol–water partition coefficient (Wildman–Crippen LogP) is 4.01. The summed E-state index contributed by atoms with van der Waals surface area (Å²) in [4.78, 5) is 0. The topological polar surface area (TPSA) is 0 Å². The van der Waals surface area contributed by atoms with Crippen LogP contribution in [0.25, 0.3) is 6.08 Å². The summed E-state index contributed by atoms with van der Waals surface area (Å²) in [5.41, 5.74) is 3.13. The summed E-state index contributed by atoms with van der Waals surface area (Å²) in [5, 5.41) is 1.25. The first-order valence-electron chi connectivity index (χ1n) is 2.88. The second-order valence-electron chi connectivity index (χ2n) is 1.92. The Hall–Kier alpha value is -0.170. The maximum atomic E-state index is 5.79. The van der Waals surface area contributed by atoms with E-state index >= 15 is 0 Å². The number of benzene rings is 1. The largest absolute Gasteiger partial charge is 0.0843 e. The van der Waals surface area contributed by atoms with Crippen LogP contribution in [-0.4, -0.2) is 0 Å². The van der Waals surface area contributed by atoms with Crippen LogP contribution in [0.15, 0.2) is 18.2 Å². The van der Waals surface area contributed by atoms with Crippen LogP contribution >= 0.6 is 34.8 Å². The Morgan fingerprint density at radius 3 is 2.64 bits per heavy atom. The van der Waals surface area contributed by atoms with Crippen molar-refractivity contribution < 1.29 is 0 Å². The van der Waals surface area contributed by atoms with E-state index in [0.29, 0.717) is 10.0 Å². The molecule has 57 valence electrons. The van der Waals surface area contributed by atoms with E-state index in [1.807, 2.05) is 0 Å². The van der Waals surface area contributed by atoms with Crippen LogP contribution in [0.5, 0.6) is 0 Å². The molecular weight excluding hydrogens is 202 g/mol. The molecular formula is C8H4Cl3. The van der Waals surface area contributed by atoms with Gasteiger partial charge in [0.15, 0.2) is 0 Å². The van der Waals surface area contributed by atoms with Gasteiger partial charge in [0, 0.05) is 10.0 Å². The van der Waals surface area contributed by atoms with E-state index in [2.05, 4.69) is 5.54 Å². The van der Waals surface area contributed by atoms with Crippen LogP contribution in [0.2, 0.25) is 10.0 Å². The third-order valence-corrected chi connectivity index (χ3v) is 1.86. The van der Waals surface area contributed by atoms with Crippen LogP contribution in [-0.2, 0) is 0 Å². The molecule has 0 aromatic heterocycles. The molecule has 0 bridgehead atoms. The number of halogens is 3. The van der Waals surface area contributed by atoms with Crippen molar-refractivity contribution in [2.75, 3.05) is 0 Å². The van der Waals surface area contributed by atoms with Crippen LogP contribution in [0, 0.1) is 5.54 Å². The maximum Gasteiger partial charge on any atom is 0.0599 e. The summed E-state index contributed by atoms with van der Waals surface area (Å²) in [6.45, 7) is 0. The van der Waals surface area contributed by atoms with Crippen LogP contribution in [0.1, 0.15) is 5.56 Å². The zero-order valence-electron chi connectivity index (χ0n) is 5.44. The first-order valence-corrected chi connectivity index (χ1v) is 4.02. The summed E-state index contributed by atoms with van der Waals surface area (Å²) in [7, 11) is 0. The first-order chi connectivity index (χ1) is 5.24. The second-order valence-corrected chi connectivity index (χ2v) is 2.98. The fourth-order valence-electron chi connectivity index (χ4n) is 0.684. The highest BCUT2D eigenvalue weighted by Gasteiger charge is 1.96. The predicted molar refractivity (Wildman–Crippen MR) is 50.0 cm³/mol. The van der Waals surface area contributed by atoms with Crippen molar-refractivity contribution in [2.24, 2.45) is 0 Å². The van der Waals surface area contributed by atoms with Crippen molar-refractivity contribution in [3.05, 3.63) is 39.3 Å². The van der Waals surface area contributed by atoms with Gasteiger partial charge in [-0.25, -0.2) is 0 Å². The quantitative estimate of drug-likeness (QED) is 0.651. The third-order valence-electron chi connectivity index (χ3n) is 1.17. The van der Waals surface area contributed by atoms with E-state index in [1.54, 1.807) is 24.3 Å². The molecule has 0 nitrogen and oxygen atoms in total. The number of hydrogen-bond acceptors (Lipinski definition) is 0. The van der Waals surface area contributed by atoms with E-state index in [-0.39, 0.29) is 0 Å². The third kappa shape index (κ3) is 2.41. The summed E-state index contributed by atoms with van der Waals surface area (Å²) in [6, 6.07) is 5.15. The lowest BCUT2D eigenvalue weighted by molar-refractivity contribution is 1.66. The molecule has 0 amide bonds. The summed E-state index contributed by atoms with van der Waals surface area (Å²) < 4.78 is 0. The van der Waals surface area contributed by atoms with Gasteiger partial charge in [0.2, 0.25) is 0 Å². The Balaban J connectivity index is 3.12. The number of rotatable bonds is 1. The van der Waals surface area contributed by atoms with Crippen LogP contribution in [0.3, 0.4) is 0 Å². The standard InChI is InChI=1S/C8H4Cl3/c9-4-3-6-5-7(10)1-2-8(6)11/h1-3,5H. The lowest BCUT2D eigenvalue weighted by atomic mass is 10.2. The van der Waals surface area contributed by atoms with Gasteiger partial charge in [-0.15, -0.1) is 0 Å². The molecule has 1 radical (unpaired) electrons. The van der Waals surface area contributed by atoms with E-state index < -0.39 is 0 Å². The van der Waals surface area contributed by atoms with Gasteiger partial charge < -0.3 is 0 Å². The Bertz CT molecular complexity index is 279. The monoisotopic (exact) mass is 205 g/mol. The molecule has 0 saturated carbocycles. The number of hydrogen-bond donors (Lipinski definition) is 0. The average Bonchev–Trinajstić information content (AvgIpc) is 1.98. The Morgan fingerprint density at radius 1 is 1.27 bits per heavy atom. The molecule has 0 fully saturated rings. The minimum atomic E-state index is 0.613. The Labute approximate surface area is 80.4 Å². The van der Waals surface area contributed by atoms with Crippen molar-refractivity contribution in [1.82, 2.24) is 0 Å². The zero-order valence-corrected chi connectivity index (χ0v) is 7.71. The average molecular weight is 206 g/mol. The first kappa shape index (κ1) is 8.92. The highest BCUT2D eigenvalue weighted by molar-refractivity contribution is 6.34. The SMILES string of the molecule is Cl[C]=Cc1cc(Cl)ccc1Cl. The molecule has 0 atom stereocenters. The van der Waals surface area contributed by atoms with Gasteiger partial charge in [0.1, 0.15) is 0 Å². The molecule has 0 saturated heterocycles. The summed E-state index contributed by atoms with van der Waals surface area (Å²) in [5.74, 6) is 0. The smallest absolute Gasteiger partial charge is 0.0599 e. The van der Waals surface area contributed by atoms with E-state index in [9.17, 15) is 0 Å². The van der Waals surface area contributed by atoms with Crippen LogP contribution < -0.4 is 0 Å². The van der Waals surface area contributed by atoms with Gasteiger partial charge >= 0.3 is 0 Å². The van der Waals surface area contributed by atoms with Crippen molar-refractivity contribution in [2.45, 2.75) is 0 Å². The minimum Gasteiger partial charge on any atom is -0.0843 e. The van der Waals surface area contributed by atoms with Crippen LogP contribution in [0.4, 0.5) is 0 Å². The van der Waals surface area contributed by atoms with Crippen molar-refractivity contribution >= 4 is 40.9 Å². The summed E-state index contributed by atoms with van der Waals surface area (Å²) >= 11 is 16.7.